The van der Waals surface area contributed by atoms with Crippen molar-refractivity contribution in [3.63, 3.8) is 0 Å². The molecule has 2 aromatic rings. The van der Waals surface area contributed by atoms with Crippen molar-refractivity contribution < 1.29 is 18.8 Å². The standard InChI is InChI=1S/C24H32O4Si/c1-5-27-23(26)18-12-13-20(19-25)28-29(24(2,3)4,21-14-8-6-9-15-21)22-16-10-7-11-17-22/h6-11,14-17,19-20H,5,12-13,18H2,1-4H3/t20-/m0/s1. The van der Waals surface area contributed by atoms with Gasteiger partial charge in [0.25, 0.3) is 8.32 Å². The van der Waals surface area contributed by atoms with Crippen LogP contribution >= 0.6 is 0 Å². The first-order valence-corrected chi connectivity index (χ1v) is 12.2. The first-order valence-electron chi connectivity index (χ1n) is 10.2. The molecule has 0 bridgehead atoms. The maximum Gasteiger partial charge on any atom is 0.305 e. The second kappa shape index (κ2) is 10.5. The van der Waals surface area contributed by atoms with Gasteiger partial charge in [0, 0.05) is 6.42 Å². The fourth-order valence-electron chi connectivity index (χ4n) is 3.75. The van der Waals surface area contributed by atoms with Crippen molar-refractivity contribution in [3.05, 3.63) is 60.7 Å². The molecular weight excluding hydrogens is 380 g/mol. The Labute approximate surface area is 175 Å². The van der Waals surface area contributed by atoms with Gasteiger partial charge in [0.05, 0.1) is 6.61 Å². The molecule has 0 fully saturated rings. The first-order chi connectivity index (χ1) is 13.8. The van der Waals surface area contributed by atoms with Crippen LogP contribution in [0.15, 0.2) is 60.7 Å². The monoisotopic (exact) mass is 412 g/mol. The van der Waals surface area contributed by atoms with E-state index >= 15 is 0 Å². The Kier molecular flexibility index (Phi) is 8.35. The molecule has 0 aliphatic rings. The Hall–Kier alpha value is -2.24. The first kappa shape index (κ1) is 23.0. The van der Waals surface area contributed by atoms with E-state index in [1.807, 2.05) is 36.4 Å². The predicted molar refractivity (Wildman–Crippen MR) is 119 cm³/mol. The molecule has 0 amide bonds. The average molecular weight is 413 g/mol. The van der Waals surface area contributed by atoms with Crippen molar-refractivity contribution in [3.8, 4) is 0 Å². The Morgan fingerprint density at radius 3 is 1.93 bits per heavy atom. The number of hydrogen-bond acceptors (Lipinski definition) is 4. The molecule has 0 aromatic heterocycles. The van der Waals surface area contributed by atoms with Crippen LogP contribution in [0.3, 0.4) is 0 Å². The molecule has 2 rings (SSSR count). The van der Waals surface area contributed by atoms with Gasteiger partial charge in [-0.05, 0) is 35.2 Å². The van der Waals surface area contributed by atoms with Crippen molar-refractivity contribution in [1.82, 2.24) is 0 Å². The molecule has 2 aromatic carbocycles. The number of ether oxygens (including phenoxy) is 1. The lowest BCUT2D eigenvalue weighted by Crippen LogP contribution is -2.67. The molecule has 0 unspecified atom stereocenters. The lowest BCUT2D eigenvalue weighted by Gasteiger charge is -2.44. The minimum atomic E-state index is -2.77. The third-order valence-corrected chi connectivity index (χ3v) is 10.1. The van der Waals surface area contributed by atoms with E-state index in [4.69, 9.17) is 9.16 Å². The van der Waals surface area contributed by atoms with Gasteiger partial charge in [-0.1, -0.05) is 81.4 Å². The van der Waals surface area contributed by atoms with E-state index in [1.54, 1.807) is 6.92 Å². The third-order valence-electron chi connectivity index (χ3n) is 5.07. The lowest BCUT2D eigenvalue weighted by molar-refractivity contribution is -0.143. The molecule has 5 heteroatoms. The fourth-order valence-corrected chi connectivity index (χ4v) is 8.40. The maximum absolute atomic E-state index is 12.0. The predicted octanol–water partition coefficient (Wildman–Crippen LogP) is 3.86. The van der Waals surface area contributed by atoms with Gasteiger partial charge < -0.3 is 14.0 Å². The van der Waals surface area contributed by atoms with Gasteiger partial charge in [0.2, 0.25) is 0 Å². The van der Waals surface area contributed by atoms with Gasteiger partial charge >= 0.3 is 5.97 Å². The van der Waals surface area contributed by atoms with Crippen LogP contribution < -0.4 is 10.4 Å². The summed E-state index contributed by atoms with van der Waals surface area (Å²) in [5.74, 6) is -0.234. The zero-order chi connectivity index (χ0) is 21.3. The largest absolute Gasteiger partial charge is 0.466 e. The second-order valence-electron chi connectivity index (χ2n) is 8.15. The summed E-state index contributed by atoms with van der Waals surface area (Å²) in [7, 11) is -2.77. The van der Waals surface area contributed by atoms with Crippen molar-refractivity contribution in [2.75, 3.05) is 6.61 Å². The smallest absolute Gasteiger partial charge is 0.305 e. The van der Waals surface area contributed by atoms with Crippen LogP contribution in [0.25, 0.3) is 0 Å². The second-order valence-corrected chi connectivity index (χ2v) is 12.4. The molecule has 0 aliphatic heterocycles. The molecule has 0 radical (unpaired) electrons. The number of benzene rings is 2. The van der Waals surface area contributed by atoms with Crippen LogP contribution in [-0.4, -0.2) is 33.3 Å². The normalized spacial score (nSPS) is 13.0. The van der Waals surface area contributed by atoms with E-state index in [1.165, 1.54) is 0 Å². The van der Waals surface area contributed by atoms with Crippen LogP contribution in [0.4, 0.5) is 0 Å². The van der Waals surface area contributed by atoms with Crippen molar-refractivity contribution in [2.45, 2.75) is 58.1 Å². The molecule has 0 saturated heterocycles. The summed E-state index contributed by atoms with van der Waals surface area (Å²) in [5, 5.41) is 2.07. The third kappa shape index (κ3) is 5.64. The van der Waals surface area contributed by atoms with E-state index in [0.717, 1.165) is 16.7 Å². The van der Waals surface area contributed by atoms with Crippen LogP contribution in [0.2, 0.25) is 5.04 Å². The van der Waals surface area contributed by atoms with Crippen LogP contribution in [0.5, 0.6) is 0 Å². The number of aldehydes is 1. The van der Waals surface area contributed by atoms with Gasteiger partial charge in [-0.2, -0.15) is 0 Å². The Bertz CT molecular complexity index is 729. The van der Waals surface area contributed by atoms with E-state index in [9.17, 15) is 9.59 Å². The lowest BCUT2D eigenvalue weighted by atomic mass is 10.2. The number of carbonyl (C=O) groups excluding carboxylic acids is 2. The zero-order valence-corrected chi connectivity index (χ0v) is 18.9. The summed E-state index contributed by atoms with van der Waals surface area (Å²) in [6.45, 7) is 8.70. The summed E-state index contributed by atoms with van der Waals surface area (Å²) in [4.78, 5) is 23.6. The number of carbonyl (C=O) groups is 2. The number of hydrogen-bond donors (Lipinski definition) is 0. The number of rotatable bonds is 10. The van der Waals surface area contributed by atoms with E-state index in [-0.39, 0.29) is 11.0 Å². The molecule has 0 saturated carbocycles. The summed E-state index contributed by atoms with van der Waals surface area (Å²) in [5.41, 5.74) is 0. The quantitative estimate of drug-likeness (QED) is 0.338. The van der Waals surface area contributed by atoms with Crippen molar-refractivity contribution in [2.24, 2.45) is 0 Å². The van der Waals surface area contributed by atoms with E-state index < -0.39 is 14.4 Å². The van der Waals surface area contributed by atoms with Gasteiger partial charge in [-0.25, -0.2) is 0 Å². The van der Waals surface area contributed by atoms with Gasteiger partial charge in [0.15, 0.2) is 0 Å². The minimum absolute atomic E-state index is 0.196. The summed E-state index contributed by atoms with van der Waals surface area (Å²) < 4.78 is 11.8. The minimum Gasteiger partial charge on any atom is -0.466 e. The molecular formula is C24H32O4Si. The molecule has 29 heavy (non-hydrogen) atoms. The highest BCUT2D eigenvalue weighted by molar-refractivity contribution is 6.99. The van der Waals surface area contributed by atoms with Crippen LogP contribution in [0.1, 0.15) is 47.0 Å². The molecule has 0 aliphatic carbocycles. The van der Waals surface area contributed by atoms with Gasteiger partial charge in [0.1, 0.15) is 12.4 Å². The highest BCUT2D eigenvalue weighted by Crippen LogP contribution is 2.37. The Balaban J connectivity index is 2.39. The highest BCUT2D eigenvalue weighted by Gasteiger charge is 2.51. The molecule has 4 nitrogen and oxygen atoms in total. The Morgan fingerprint density at radius 1 is 1.00 bits per heavy atom. The van der Waals surface area contributed by atoms with Crippen molar-refractivity contribution in [1.29, 1.82) is 0 Å². The van der Waals surface area contributed by atoms with Crippen LogP contribution in [-0.2, 0) is 18.8 Å². The summed E-state index contributed by atoms with van der Waals surface area (Å²) in [6, 6.07) is 20.5. The fraction of sp³-hybridized carbons (Fsp3) is 0.417. The Morgan fingerprint density at radius 2 is 1.52 bits per heavy atom. The van der Waals surface area contributed by atoms with Gasteiger partial charge in [-0.3, -0.25) is 4.79 Å². The summed E-state index contributed by atoms with van der Waals surface area (Å²) in [6.07, 6.45) is 1.65. The van der Waals surface area contributed by atoms with Crippen LogP contribution in [0, 0.1) is 0 Å². The highest BCUT2D eigenvalue weighted by atomic mass is 28.4. The van der Waals surface area contributed by atoms with Gasteiger partial charge in [-0.15, -0.1) is 0 Å². The molecule has 0 heterocycles. The van der Waals surface area contributed by atoms with E-state index in [0.29, 0.717) is 25.9 Å². The van der Waals surface area contributed by atoms with Crippen molar-refractivity contribution >= 4 is 30.9 Å². The average Bonchev–Trinajstić information content (AvgIpc) is 2.71. The zero-order valence-electron chi connectivity index (χ0n) is 17.9. The SMILES string of the molecule is CCOC(=O)CCC[C@@H](C=O)O[Si](c1ccccc1)(c1ccccc1)C(C)(C)C. The topological polar surface area (TPSA) is 52.6 Å². The molecule has 156 valence electrons. The van der Waals surface area contributed by atoms with E-state index in [2.05, 4.69) is 45.0 Å². The number of esters is 1. The summed E-state index contributed by atoms with van der Waals surface area (Å²) >= 11 is 0. The molecule has 0 N–H and O–H groups in total. The molecule has 1 atom stereocenters. The maximum atomic E-state index is 12.0. The molecule has 0 spiro atoms.